The molecule has 0 unspecified atom stereocenters. The van der Waals surface area contributed by atoms with Crippen LogP contribution < -0.4 is 0 Å². The summed E-state index contributed by atoms with van der Waals surface area (Å²) in [7, 11) is 1.23. The van der Waals surface area contributed by atoms with Gasteiger partial charge in [0.15, 0.2) is 5.78 Å². The van der Waals surface area contributed by atoms with Gasteiger partial charge in [0.05, 0.1) is 7.11 Å². The minimum atomic E-state index is -0.646. The summed E-state index contributed by atoms with van der Waals surface area (Å²) in [5, 5.41) is 0.543. The Kier molecular flexibility index (Phi) is 4.26. The summed E-state index contributed by atoms with van der Waals surface area (Å²) in [5.41, 5.74) is 0.688. The summed E-state index contributed by atoms with van der Waals surface area (Å²) in [6.07, 6.45) is 1.46. The van der Waals surface area contributed by atoms with Crippen molar-refractivity contribution in [1.29, 1.82) is 0 Å². The molecule has 0 N–H and O–H groups in total. The molecule has 0 aliphatic carbocycles. The molecule has 84 valence electrons. The lowest BCUT2D eigenvalue weighted by Gasteiger charge is -2.01. The summed E-state index contributed by atoms with van der Waals surface area (Å²) in [6.45, 7) is 1.31. The van der Waals surface area contributed by atoms with Gasteiger partial charge < -0.3 is 4.74 Å². The van der Waals surface area contributed by atoms with Gasteiger partial charge in [0.25, 0.3) is 0 Å². The van der Waals surface area contributed by atoms with Crippen LogP contribution in [0.3, 0.4) is 0 Å². The van der Waals surface area contributed by atoms with Gasteiger partial charge in [-0.05, 0) is 30.7 Å². The Balaban J connectivity index is 3.12. The molecule has 0 bridgehead atoms. The van der Waals surface area contributed by atoms with Crippen molar-refractivity contribution in [3.05, 3.63) is 40.4 Å². The Morgan fingerprint density at radius 3 is 2.56 bits per heavy atom. The van der Waals surface area contributed by atoms with Crippen LogP contribution in [-0.4, -0.2) is 18.9 Å². The van der Waals surface area contributed by atoms with Crippen molar-refractivity contribution in [2.45, 2.75) is 6.92 Å². The van der Waals surface area contributed by atoms with E-state index in [9.17, 15) is 9.59 Å². The molecule has 0 radical (unpaired) electrons. The van der Waals surface area contributed by atoms with Crippen molar-refractivity contribution in [3.8, 4) is 0 Å². The lowest BCUT2D eigenvalue weighted by molar-refractivity contribution is -0.137. The maximum atomic E-state index is 11.3. The lowest BCUT2D eigenvalue weighted by atomic mass is 10.1. The number of ketones is 1. The van der Waals surface area contributed by atoms with Crippen molar-refractivity contribution in [3.63, 3.8) is 0 Å². The number of hydrogen-bond acceptors (Lipinski definition) is 3. The highest BCUT2D eigenvalue weighted by molar-refractivity contribution is 6.30. The van der Waals surface area contributed by atoms with Gasteiger partial charge in [0, 0.05) is 5.02 Å². The second kappa shape index (κ2) is 5.47. The fraction of sp³-hybridized carbons (Fsp3) is 0.167. The number of halogens is 1. The third-order valence-corrected chi connectivity index (χ3v) is 2.18. The molecule has 0 saturated heterocycles. The van der Waals surface area contributed by atoms with E-state index in [-0.39, 0.29) is 11.4 Å². The number of benzene rings is 1. The van der Waals surface area contributed by atoms with Crippen LogP contribution in [0.2, 0.25) is 5.02 Å². The summed E-state index contributed by atoms with van der Waals surface area (Å²) in [6, 6.07) is 6.86. The first-order chi connectivity index (χ1) is 7.54. The second-order valence-corrected chi connectivity index (χ2v) is 3.60. The van der Waals surface area contributed by atoms with Gasteiger partial charge in [-0.2, -0.15) is 0 Å². The first kappa shape index (κ1) is 12.5. The van der Waals surface area contributed by atoms with Crippen molar-refractivity contribution < 1.29 is 14.3 Å². The Morgan fingerprint density at radius 2 is 2.06 bits per heavy atom. The molecule has 4 heteroatoms. The number of esters is 1. The quantitative estimate of drug-likeness (QED) is 0.352. The lowest BCUT2D eigenvalue weighted by Crippen LogP contribution is -2.11. The van der Waals surface area contributed by atoms with E-state index in [1.54, 1.807) is 24.3 Å². The highest BCUT2D eigenvalue weighted by Crippen LogP contribution is 2.14. The van der Waals surface area contributed by atoms with Crippen molar-refractivity contribution in [2.24, 2.45) is 0 Å². The smallest absolute Gasteiger partial charge is 0.341 e. The van der Waals surface area contributed by atoms with E-state index < -0.39 is 5.97 Å². The molecule has 1 aromatic carbocycles. The Hall–Kier alpha value is -1.61. The average Bonchev–Trinajstić information content (AvgIpc) is 2.24. The predicted octanol–water partition coefficient (Wildman–Crippen LogP) is 2.49. The van der Waals surface area contributed by atoms with E-state index >= 15 is 0 Å². The molecule has 16 heavy (non-hydrogen) atoms. The van der Waals surface area contributed by atoms with Crippen LogP contribution in [0.5, 0.6) is 0 Å². The first-order valence-electron chi connectivity index (χ1n) is 4.61. The fourth-order valence-electron chi connectivity index (χ4n) is 1.18. The van der Waals surface area contributed by atoms with Gasteiger partial charge >= 0.3 is 5.97 Å². The molecule has 0 aliphatic heterocycles. The SMILES string of the molecule is COC(=O)/C(=C\c1cccc(Cl)c1)C(C)=O. The van der Waals surface area contributed by atoms with Crippen molar-refractivity contribution in [1.82, 2.24) is 0 Å². The number of ether oxygens (including phenoxy) is 1. The molecule has 0 amide bonds. The van der Waals surface area contributed by atoms with E-state index in [1.807, 2.05) is 0 Å². The van der Waals surface area contributed by atoms with E-state index in [2.05, 4.69) is 4.74 Å². The molecule has 0 aliphatic rings. The van der Waals surface area contributed by atoms with Crippen molar-refractivity contribution >= 4 is 29.4 Å². The van der Waals surface area contributed by atoms with E-state index in [0.717, 1.165) is 0 Å². The van der Waals surface area contributed by atoms with Crippen LogP contribution in [0.25, 0.3) is 6.08 Å². The summed E-state index contributed by atoms with van der Waals surface area (Å²) < 4.78 is 4.52. The number of carbonyl (C=O) groups is 2. The molecule has 0 heterocycles. The molecule has 1 rings (SSSR count). The van der Waals surface area contributed by atoms with Crippen LogP contribution in [0.15, 0.2) is 29.8 Å². The third kappa shape index (κ3) is 3.21. The summed E-state index contributed by atoms with van der Waals surface area (Å²) in [4.78, 5) is 22.5. The normalized spacial score (nSPS) is 11.1. The predicted molar refractivity (Wildman–Crippen MR) is 62.1 cm³/mol. The van der Waals surface area contributed by atoms with Gasteiger partial charge in [-0.3, -0.25) is 4.79 Å². The molecule has 3 nitrogen and oxygen atoms in total. The highest BCUT2D eigenvalue weighted by atomic mass is 35.5. The zero-order valence-corrected chi connectivity index (χ0v) is 9.75. The standard InChI is InChI=1S/C12H11ClO3/c1-8(14)11(12(15)16-2)7-9-4-3-5-10(13)6-9/h3-7H,1-2H3/b11-7-. The number of methoxy groups -OCH3 is 1. The number of hydrogen-bond donors (Lipinski definition) is 0. The molecule has 0 atom stereocenters. The highest BCUT2D eigenvalue weighted by Gasteiger charge is 2.14. The van der Waals surface area contributed by atoms with E-state index in [1.165, 1.54) is 20.1 Å². The van der Waals surface area contributed by atoms with E-state index in [0.29, 0.717) is 10.6 Å². The van der Waals surface area contributed by atoms with Gasteiger partial charge in [0.1, 0.15) is 5.57 Å². The zero-order chi connectivity index (χ0) is 12.1. The second-order valence-electron chi connectivity index (χ2n) is 3.16. The number of rotatable bonds is 3. The molecule has 0 aromatic heterocycles. The van der Waals surface area contributed by atoms with Crippen LogP contribution in [0, 0.1) is 0 Å². The minimum absolute atomic E-state index is 0.00441. The van der Waals surface area contributed by atoms with Gasteiger partial charge in [-0.25, -0.2) is 4.79 Å². The molecule has 0 saturated carbocycles. The molecule has 1 aromatic rings. The van der Waals surface area contributed by atoms with Crippen LogP contribution in [0.4, 0.5) is 0 Å². The monoisotopic (exact) mass is 238 g/mol. The van der Waals surface area contributed by atoms with Gasteiger partial charge in [-0.15, -0.1) is 0 Å². The number of Topliss-reactive ketones (excluding diaryl/α,β-unsaturated/α-hetero) is 1. The van der Waals surface area contributed by atoms with Crippen LogP contribution in [0.1, 0.15) is 12.5 Å². The third-order valence-electron chi connectivity index (χ3n) is 1.94. The largest absolute Gasteiger partial charge is 0.465 e. The molecular weight excluding hydrogens is 228 g/mol. The Morgan fingerprint density at radius 1 is 1.38 bits per heavy atom. The first-order valence-corrected chi connectivity index (χ1v) is 4.99. The number of carbonyl (C=O) groups excluding carboxylic acids is 2. The Labute approximate surface area is 98.7 Å². The topological polar surface area (TPSA) is 43.4 Å². The van der Waals surface area contributed by atoms with Gasteiger partial charge in [-0.1, -0.05) is 23.7 Å². The van der Waals surface area contributed by atoms with Crippen LogP contribution in [-0.2, 0) is 14.3 Å². The maximum absolute atomic E-state index is 11.3. The average molecular weight is 239 g/mol. The van der Waals surface area contributed by atoms with Crippen molar-refractivity contribution in [2.75, 3.05) is 7.11 Å². The summed E-state index contributed by atoms with van der Waals surface area (Å²) >= 11 is 5.79. The van der Waals surface area contributed by atoms with Gasteiger partial charge in [0.2, 0.25) is 0 Å². The van der Waals surface area contributed by atoms with Crippen LogP contribution >= 0.6 is 11.6 Å². The zero-order valence-electron chi connectivity index (χ0n) is 8.99. The molecule has 0 spiro atoms. The molecular formula is C12H11ClO3. The van der Waals surface area contributed by atoms with E-state index in [4.69, 9.17) is 11.6 Å². The Bertz CT molecular complexity index is 449. The maximum Gasteiger partial charge on any atom is 0.341 e. The fourth-order valence-corrected chi connectivity index (χ4v) is 1.38. The minimum Gasteiger partial charge on any atom is -0.465 e. The summed E-state index contributed by atoms with van der Waals surface area (Å²) in [5.74, 6) is -0.987. The molecule has 0 fully saturated rings.